The number of carbonyl (C=O) groups is 7. The molecule has 4 amide bonds. The molecule has 640 valence electrons. The van der Waals surface area contributed by atoms with Crippen molar-refractivity contribution in [1.29, 1.82) is 0 Å². The van der Waals surface area contributed by atoms with Crippen LogP contribution in [0.4, 0.5) is 4.79 Å². The van der Waals surface area contributed by atoms with E-state index in [0.29, 0.717) is 51.4 Å². The van der Waals surface area contributed by atoms with Crippen LogP contribution in [-0.2, 0) is 74.9 Å². The van der Waals surface area contributed by atoms with Gasteiger partial charge in [0.1, 0.15) is 23.8 Å². The number of ketones is 2. The van der Waals surface area contributed by atoms with Crippen molar-refractivity contribution in [2.45, 2.75) is 425 Å². The van der Waals surface area contributed by atoms with Gasteiger partial charge in [0.15, 0.2) is 0 Å². The molecule has 0 radical (unpaired) electrons. The van der Waals surface area contributed by atoms with E-state index in [9.17, 15) is 52.5 Å². The number of rotatable bonds is 84. The van der Waals surface area contributed by atoms with Crippen LogP contribution >= 0.6 is 15.6 Å². The van der Waals surface area contributed by atoms with E-state index in [-0.39, 0.29) is 163 Å². The van der Waals surface area contributed by atoms with Crippen molar-refractivity contribution in [3.05, 3.63) is 0 Å². The van der Waals surface area contributed by atoms with E-state index in [4.69, 9.17) is 37.0 Å². The standard InChI is InChI=1S/C83H160N4O19P2.2Na.2H/c1-7-13-19-25-29-33-37-43-47-53-75(88)67-79(90)86-73(69-99-63-59-77(55-49-41-23-17-11-5)105-81(92)57-51-45-39-35-31-27-21-15-9-3)71-103-107(95,96)101-65-61-84-83(94)85-62-66-102-108(97,98)104-72-74(87-80(91)68-76(89)54-48-44-38-34-30-26-20-14-8-2)70-100-64-60-78(56-50-42-24-18-12-6)106-82(93)58-52-46-40-36-32-28-22-16-10-4;;;;/h73-74,77-78H,7-72H2,1-6H3,(H,86,90)(H,87,91)(H,95,96)(H,97,98)(H2,84,85,94);;;;/q;2*+1;2*-1/t73-,74-,77-,78-;;;;/m1..../s1. The zero-order valence-corrected chi connectivity index (χ0v) is 77.0. The van der Waals surface area contributed by atoms with Crippen molar-refractivity contribution < 1.29 is 151 Å². The molecule has 110 heavy (non-hydrogen) atoms. The van der Waals surface area contributed by atoms with Gasteiger partial charge in [-0.1, -0.05) is 298 Å². The maximum atomic E-state index is 13.3. The maximum Gasteiger partial charge on any atom is 1.00 e. The van der Waals surface area contributed by atoms with E-state index in [1.807, 2.05) is 0 Å². The number of Topliss-reactive ketones (excluding diaryl/α,β-unsaturated/α-hetero) is 2. The Bertz CT molecular complexity index is 2150. The number of phosphoric ester groups is 2. The van der Waals surface area contributed by atoms with Crippen LogP contribution in [0.5, 0.6) is 0 Å². The minimum Gasteiger partial charge on any atom is -1.00 e. The van der Waals surface area contributed by atoms with E-state index in [1.165, 1.54) is 141 Å². The van der Waals surface area contributed by atoms with Crippen LogP contribution in [0, 0.1) is 0 Å². The van der Waals surface area contributed by atoms with Gasteiger partial charge >= 0.3 is 92.7 Å². The molecule has 0 heterocycles. The van der Waals surface area contributed by atoms with Gasteiger partial charge in [-0.3, -0.25) is 46.9 Å². The molecule has 0 saturated heterocycles. The summed E-state index contributed by atoms with van der Waals surface area (Å²) in [4.78, 5) is 113. The predicted molar refractivity (Wildman–Crippen MR) is 435 cm³/mol. The third-order valence-electron chi connectivity index (χ3n) is 19.4. The molecule has 0 fully saturated rings. The van der Waals surface area contributed by atoms with Crippen molar-refractivity contribution in [3.63, 3.8) is 0 Å². The molecule has 23 nitrogen and oxygen atoms in total. The number of urea groups is 1. The topological polar surface area (TPSA) is 316 Å². The molecule has 0 aliphatic rings. The molecule has 0 aromatic rings. The Hall–Kier alpha value is -1.37. The Labute approximate surface area is 715 Å². The van der Waals surface area contributed by atoms with E-state index in [2.05, 4.69) is 62.8 Å². The monoisotopic (exact) mass is 1630 g/mol. The molecule has 0 aliphatic heterocycles. The Balaban J connectivity index is -0.00000954. The molecule has 6 atom stereocenters. The second-order valence-electron chi connectivity index (χ2n) is 30.0. The van der Waals surface area contributed by atoms with Gasteiger partial charge in [-0.25, -0.2) is 13.9 Å². The fourth-order valence-corrected chi connectivity index (χ4v) is 14.3. The molecular formula is C83H162N4Na2O19P2. The van der Waals surface area contributed by atoms with Crippen molar-refractivity contribution in [2.24, 2.45) is 0 Å². The second kappa shape index (κ2) is 82.7. The summed E-state index contributed by atoms with van der Waals surface area (Å²) in [7, 11) is -9.60. The number of amides is 4. The molecule has 2 unspecified atom stereocenters. The van der Waals surface area contributed by atoms with Crippen LogP contribution in [0.3, 0.4) is 0 Å². The third kappa shape index (κ3) is 79.1. The van der Waals surface area contributed by atoms with E-state index >= 15 is 0 Å². The quantitative estimate of drug-likeness (QED) is 0.0108. The van der Waals surface area contributed by atoms with Crippen LogP contribution in [-0.4, -0.2) is 141 Å². The first-order valence-electron chi connectivity index (χ1n) is 43.7. The van der Waals surface area contributed by atoms with Crippen LogP contribution in [0.2, 0.25) is 0 Å². The van der Waals surface area contributed by atoms with E-state index in [1.54, 1.807) is 0 Å². The van der Waals surface area contributed by atoms with E-state index in [0.717, 1.165) is 141 Å². The second-order valence-corrected chi connectivity index (χ2v) is 32.9. The normalized spacial score (nSPS) is 13.5. The van der Waals surface area contributed by atoms with Gasteiger partial charge in [-0.05, 0) is 51.4 Å². The number of ether oxygens (including phenoxy) is 4. The van der Waals surface area contributed by atoms with Crippen molar-refractivity contribution in [1.82, 2.24) is 21.3 Å². The number of hydrogen-bond donors (Lipinski definition) is 6. The predicted octanol–water partition coefficient (Wildman–Crippen LogP) is 14.7. The molecule has 0 aromatic carbocycles. The maximum absolute atomic E-state index is 13.3. The summed E-state index contributed by atoms with van der Waals surface area (Å²) >= 11 is 0. The van der Waals surface area contributed by atoms with Crippen LogP contribution < -0.4 is 80.4 Å². The third-order valence-corrected chi connectivity index (χ3v) is 21.3. The molecule has 0 aliphatic carbocycles. The van der Waals surface area contributed by atoms with Crippen LogP contribution in [0.1, 0.15) is 404 Å². The summed E-state index contributed by atoms with van der Waals surface area (Å²) in [6.07, 6.45) is 52.3. The summed E-state index contributed by atoms with van der Waals surface area (Å²) in [5.74, 6) is -2.09. The first-order valence-corrected chi connectivity index (χ1v) is 46.7. The number of nitrogens with one attached hydrogen (secondary N) is 4. The summed E-state index contributed by atoms with van der Waals surface area (Å²) in [6.45, 7) is 10.5. The molecule has 0 rings (SSSR count). The Morgan fingerprint density at radius 2 is 0.573 bits per heavy atom. The van der Waals surface area contributed by atoms with Crippen molar-refractivity contribution in [2.75, 3.05) is 65.9 Å². The average molecular weight is 1630 g/mol. The number of carbonyl (C=O) groups excluding carboxylic acids is 7. The van der Waals surface area contributed by atoms with Gasteiger partial charge in [0.2, 0.25) is 11.8 Å². The molecule has 0 aromatic heterocycles. The SMILES string of the molecule is CCCCCCCCCCCC(=O)CC(=O)N[C@H](COCC[C@@H](CCCCCCC)OC(=O)CCCCCCCCCCC)COP(=O)(O)OCCNC(=O)NCCOP(=O)(O)OC[C@@H](COCC[C@@H](CCCCCCC)OC(=O)CCCCCCCCCCC)NC(=O)CC(=O)CCCCCCCCCCC.[H-].[H-].[Na+].[Na+]. The fraction of sp³-hybridized carbons (Fsp3) is 0.916. The zero-order valence-electron chi connectivity index (χ0n) is 73.2. The average Bonchev–Trinajstić information content (AvgIpc) is 0.911. The number of hydrogen-bond acceptors (Lipinski definition) is 17. The van der Waals surface area contributed by atoms with Gasteiger partial charge in [-0.2, -0.15) is 0 Å². The minimum absolute atomic E-state index is 0. The number of unbranched alkanes of at least 4 members (excludes halogenated alkanes) is 40. The van der Waals surface area contributed by atoms with E-state index < -0.39 is 72.0 Å². The first-order chi connectivity index (χ1) is 52.3. The largest absolute Gasteiger partial charge is 1.00 e. The summed E-state index contributed by atoms with van der Waals surface area (Å²) in [5, 5.41) is 10.3. The molecule has 27 heteroatoms. The van der Waals surface area contributed by atoms with Crippen LogP contribution in [0.15, 0.2) is 0 Å². The Morgan fingerprint density at radius 1 is 0.318 bits per heavy atom. The summed E-state index contributed by atoms with van der Waals surface area (Å²) < 4.78 is 71.2. The van der Waals surface area contributed by atoms with Crippen molar-refractivity contribution >= 4 is 57.0 Å². The number of phosphoric acid groups is 2. The Morgan fingerprint density at radius 3 is 0.855 bits per heavy atom. The summed E-state index contributed by atoms with van der Waals surface area (Å²) in [6, 6.07) is -2.73. The molecule has 6 N–H and O–H groups in total. The molecule has 0 bridgehead atoms. The zero-order chi connectivity index (χ0) is 79.5. The molecule has 0 spiro atoms. The van der Waals surface area contributed by atoms with Gasteiger partial charge in [-0.15, -0.1) is 0 Å². The Kier molecular flexibility index (Phi) is 84.8. The minimum atomic E-state index is -4.80. The van der Waals surface area contributed by atoms with Crippen molar-refractivity contribution in [3.8, 4) is 0 Å². The van der Waals surface area contributed by atoms with Gasteiger partial charge in [0.05, 0.1) is 77.8 Å². The number of esters is 2. The van der Waals surface area contributed by atoms with Gasteiger partial charge < -0.3 is 52.9 Å². The van der Waals surface area contributed by atoms with Gasteiger partial charge in [0.25, 0.3) is 0 Å². The molecule has 0 saturated carbocycles. The van der Waals surface area contributed by atoms with Crippen LogP contribution in [0.25, 0.3) is 0 Å². The smallest absolute Gasteiger partial charge is 1.00 e. The first kappa shape index (κ1) is 113. The molecular weight excluding hydrogens is 1460 g/mol. The fourth-order valence-electron chi connectivity index (χ4n) is 12.8. The summed E-state index contributed by atoms with van der Waals surface area (Å²) in [5.41, 5.74) is 0. The van der Waals surface area contributed by atoms with Gasteiger partial charge in [0, 0.05) is 51.6 Å².